The molecule has 3 atom stereocenters. The Morgan fingerprint density at radius 2 is 1.30 bits per heavy atom. The van der Waals surface area contributed by atoms with E-state index in [0.29, 0.717) is 17.6 Å². The van der Waals surface area contributed by atoms with Gasteiger partial charge >= 0.3 is 12.4 Å². The van der Waals surface area contributed by atoms with Gasteiger partial charge in [-0.05, 0) is 20.3 Å². The van der Waals surface area contributed by atoms with E-state index < -0.39 is 77.8 Å². The topological polar surface area (TPSA) is 65.4 Å². The van der Waals surface area contributed by atoms with Crippen LogP contribution in [0.5, 0.6) is 0 Å². The van der Waals surface area contributed by atoms with Gasteiger partial charge in [-0.25, -0.2) is 13.2 Å². The van der Waals surface area contributed by atoms with E-state index in [2.05, 4.69) is 15.0 Å². The monoisotopic (exact) mass is 493 g/mol. The smallest absolute Gasteiger partial charge is 0.386 e. The molecule has 33 heavy (non-hydrogen) atoms. The first-order valence-corrected chi connectivity index (χ1v) is 9.56. The van der Waals surface area contributed by atoms with E-state index in [1.807, 2.05) is 0 Å². The normalized spacial score (nSPS) is 23.3. The Bertz CT molecular complexity index is 875. The molecule has 1 aromatic rings. The summed E-state index contributed by atoms with van der Waals surface area (Å²) in [7, 11) is 2.31. The van der Waals surface area contributed by atoms with Crippen LogP contribution in [0.25, 0.3) is 5.57 Å². The summed E-state index contributed by atoms with van der Waals surface area (Å²) in [5.74, 6) is -7.90. The van der Waals surface area contributed by atoms with Crippen LogP contribution in [0.4, 0.5) is 51.4 Å². The first-order chi connectivity index (χ1) is 14.7. The van der Waals surface area contributed by atoms with Crippen LogP contribution < -0.4 is 9.80 Å². The molecule has 0 saturated heterocycles. The SMILES string of the molecule is B[C@]1(O)C(F)=C(c2nc(N(C)[C@H](C)C(F)(F)F)nc(N(C)[C@H](C)C(F)(F)F)n2)CCC1(F)F. The summed E-state index contributed by atoms with van der Waals surface area (Å²) in [6.07, 6.45) is -11.3. The van der Waals surface area contributed by atoms with Gasteiger partial charge < -0.3 is 14.9 Å². The van der Waals surface area contributed by atoms with Gasteiger partial charge in [-0.15, -0.1) is 0 Å². The maximum absolute atomic E-state index is 14.8. The Morgan fingerprint density at radius 3 is 1.67 bits per heavy atom. The molecule has 0 unspecified atom stereocenters. The van der Waals surface area contributed by atoms with Crippen LogP contribution in [0.2, 0.25) is 0 Å². The third-order valence-electron chi connectivity index (χ3n) is 5.72. The molecule has 0 aliphatic heterocycles. The molecular weight excluding hydrogens is 472 g/mol. The fraction of sp³-hybridized carbons (Fsp3) is 0.706. The second-order valence-electron chi connectivity index (χ2n) is 7.99. The van der Waals surface area contributed by atoms with Gasteiger partial charge in [0.25, 0.3) is 5.92 Å². The number of nitrogens with zero attached hydrogens (tertiary/aromatic N) is 5. The lowest BCUT2D eigenvalue weighted by Gasteiger charge is -2.37. The van der Waals surface area contributed by atoms with Gasteiger partial charge in [0.1, 0.15) is 23.4 Å². The van der Waals surface area contributed by atoms with Crippen LogP contribution in [-0.2, 0) is 0 Å². The molecule has 0 radical (unpaired) electrons. The van der Waals surface area contributed by atoms with Gasteiger partial charge in [-0.1, -0.05) is 0 Å². The van der Waals surface area contributed by atoms with Gasteiger partial charge in [-0.2, -0.15) is 41.3 Å². The van der Waals surface area contributed by atoms with E-state index in [0.717, 1.165) is 27.9 Å². The first kappa shape index (κ1) is 27.0. The van der Waals surface area contributed by atoms with Gasteiger partial charge in [-0.3, -0.25) is 0 Å². The molecule has 1 aromatic heterocycles. The number of rotatable bonds is 5. The molecule has 2 rings (SSSR count). The first-order valence-electron chi connectivity index (χ1n) is 9.56. The fourth-order valence-corrected chi connectivity index (χ4v) is 2.89. The maximum Gasteiger partial charge on any atom is 0.408 e. The summed E-state index contributed by atoms with van der Waals surface area (Å²) >= 11 is 0. The molecule has 16 heteroatoms. The van der Waals surface area contributed by atoms with Crippen molar-refractivity contribution in [3.63, 3.8) is 0 Å². The molecule has 0 amide bonds. The predicted octanol–water partition coefficient (Wildman–Crippen LogP) is 3.08. The van der Waals surface area contributed by atoms with Gasteiger partial charge in [0.2, 0.25) is 11.9 Å². The van der Waals surface area contributed by atoms with E-state index in [1.54, 1.807) is 0 Å². The highest BCUT2D eigenvalue weighted by Gasteiger charge is 2.55. The predicted molar refractivity (Wildman–Crippen MR) is 103 cm³/mol. The van der Waals surface area contributed by atoms with Crippen LogP contribution in [0.1, 0.15) is 32.5 Å². The highest BCUT2D eigenvalue weighted by molar-refractivity contribution is 6.18. The van der Waals surface area contributed by atoms with Crippen molar-refractivity contribution >= 4 is 25.3 Å². The Morgan fingerprint density at radius 1 is 0.909 bits per heavy atom. The number of hydrogen-bond acceptors (Lipinski definition) is 6. The molecule has 186 valence electrons. The lowest BCUT2D eigenvalue weighted by atomic mass is 9.68. The van der Waals surface area contributed by atoms with Crippen LogP contribution in [-0.4, -0.2) is 77.9 Å². The second-order valence-corrected chi connectivity index (χ2v) is 7.99. The minimum Gasteiger partial charge on any atom is -0.386 e. The summed E-state index contributed by atoms with van der Waals surface area (Å²) in [6.45, 7) is 1.47. The number of anilines is 2. The summed E-state index contributed by atoms with van der Waals surface area (Å²) in [4.78, 5) is 12.0. The summed E-state index contributed by atoms with van der Waals surface area (Å²) in [6, 6.07) is -4.41. The molecule has 0 fully saturated rings. The minimum atomic E-state index is -4.78. The maximum atomic E-state index is 14.8. The van der Waals surface area contributed by atoms with Crippen molar-refractivity contribution in [2.75, 3.05) is 23.9 Å². The third kappa shape index (κ3) is 5.14. The molecule has 0 aromatic carbocycles. The van der Waals surface area contributed by atoms with Crippen molar-refractivity contribution in [1.29, 1.82) is 0 Å². The Balaban J connectivity index is 2.71. The van der Waals surface area contributed by atoms with Crippen molar-refractivity contribution in [2.45, 2.75) is 62.5 Å². The van der Waals surface area contributed by atoms with Crippen LogP contribution >= 0.6 is 0 Å². The van der Waals surface area contributed by atoms with Crippen molar-refractivity contribution in [3.05, 3.63) is 11.7 Å². The van der Waals surface area contributed by atoms with Crippen molar-refractivity contribution < 1.29 is 44.6 Å². The molecule has 1 aliphatic rings. The highest BCUT2D eigenvalue weighted by atomic mass is 19.4. The highest BCUT2D eigenvalue weighted by Crippen LogP contribution is 2.46. The van der Waals surface area contributed by atoms with E-state index >= 15 is 0 Å². The van der Waals surface area contributed by atoms with E-state index in [-0.39, 0.29) is 0 Å². The average molecular weight is 493 g/mol. The average Bonchev–Trinajstić information content (AvgIpc) is 2.68. The van der Waals surface area contributed by atoms with E-state index in [4.69, 9.17) is 0 Å². The summed E-state index contributed by atoms with van der Waals surface area (Å²) in [5, 5.41) is 9.98. The molecule has 6 nitrogen and oxygen atoms in total. The number of alkyl halides is 8. The fourth-order valence-electron chi connectivity index (χ4n) is 2.89. The van der Waals surface area contributed by atoms with Crippen LogP contribution in [0.3, 0.4) is 0 Å². The Hall–Kier alpha value is -2.26. The van der Waals surface area contributed by atoms with Crippen LogP contribution in [0, 0.1) is 0 Å². The third-order valence-corrected chi connectivity index (χ3v) is 5.72. The lowest BCUT2D eigenvalue weighted by Crippen LogP contribution is -2.51. The van der Waals surface area contributed by atoms with Crippen LogP contribution in [0.15, 0.2) is 5.83 Å². The number of aliphatic hydroxyl groups is 1. The van der Waals surface area contributed by atoms with E-state index in [9.17, 15) is 44.6 Å². The quantitative estimate of drug-likeness (QED) is 0.503. The summed E-state index contributed by atoms with van der Waals surface area (Å²) < 4.78 is 122. The molecule has 0 saturated carbocycles. The van der Waals surface area contributed by atoms with Crippen molar-refractivity contribution in [1.82, 2.24) is 15.0 Å². The molecule has 0 bridgehead atoms. The zero-order valence-corrected chi connectivity index (χ0v) is 18.2. The zero-order valence-electron chi connectivity index (χ0n) is 18.2. The minimum absolute atomic E-state index is 0.481. The number of aromatic nitrogens is 3. The Kier molecular flexibility index (Phi) is 6.96. The van der Waals surface area contributed by atoms with Crippen molar-refractivity contribution in [2.24, 2.45) is 0 Å². The number of hydrogen-bond donors (Lipinski definition) is 1. The van der Waals surface area contributed by atoms with Gasteiger partial charge in [0, 0.05) is 26.1 Å². The van der Waals surface area contributed by atoms with Gasteiger partial charge in [0.05, 0.1) is 0 Å². The number of allylic oxidation sites excluding steroid dienone is 1. The van der Waals surface area contributed by atoms with E-state index in [1.165, 1.54) is 0 Å². The Labute approximate surface area is 183 Å². The number of halogens is 9. The molecule has 1 N–H and O–H groups in total. The molecular formula is C17H21BF9N5O. The molecule has 0 spiro atoms. The van der Waals surface area contributed by atoms with Gasteiger partial charge in [0.15, 0.2) is 13.7 Å². The summed E-state index contributed by atoms with van der Waals surface area (Å²) in [5.41, 5.74) is -3.94. The molecule has 1 aliphatic carbocycles. The molecule has 1 heterocycles. The standard InChI is InChI=1S/C17H21BF9N5O/c1-7(16(22,23)24)31(3)12-28-11(9-5-6-14(20,21)15(18,33)10(9)19)29-13(30-12)32(4)8(2)17(25,26)27/h7-8,33H,5-6,18H2,1-4H3/t7-,8-,15+/m1/s1. The zero-order chi connectivity index (χ0) is 25.7. The van der Waals surface area contributed by atoms with Crippen molar-refractivity contribution in [3.8, 4) is 0 Å². The second kappa shape index (κ2) is 8.51. The largest absolute Gasteiger partial charge is 0.408 e. The lowest BCUT2D eigenvalue weighted by molar-refractivity contribution is -0.144.